The smallest absolute Gasteiger partial charge is 0.243 e. The minimum atomic E-state index is -3.66. The highest BCUT2D eigenvalue weighted by molar-refractivity contribution is 7.89. The third-order valence-electron chi connectivity index (χ3n) is 3.87. The molecule has 0 bridgehead atoms. The van der Waals surface area contributed by atoms with E-state index in [1.807, 2.05) is 4.90 Å². The van der Waals surface area contributed by atoms with Gasteiger partial charge < -0.3 is 4.90 Å². The van der Waals surface area contributed by atoms with Gasteiger partial charge in [-0.1, -0.05) is 31.3 Å². The summed E-state index contributed by atoms with van der Waals surface area (Å²) < 4.78 is 39.9. The van der Waals surface area contributed by atoms with Crippen molar-refractivity contribution in [3.8, 4) is 0 Å². The van der Waals surface area contributed by atoms with Crippen LogP contribution in [-0.2, 0) is 10.0 Å². The maximum Gasteiger partial charge on any atom is 0.243 e. The highest BCUT2D eigenvalue weighted by atomic mass is 32.2. The van der Waals surface area contributed by atoms with Gasteiger partial charge in [0, 0.05) is 32.1 Å². The SMILES string of the molecule is CC(C)c1nnc(N2CCN(S(=O)(=O)c3cccc(F)c3)CC2)s1. The van der Waals surface area contributed by atoms with Gasteiger partial charge in [-0.15, -0.1) is 10.2 Å². The van der Waals surface area contributed by atoms with Crippen LogP contribution in [0.2, 0.25) is 0 Å². The van der Waals surface area contributed by atoms with Gasteiger partial charge in [0.15, 0.2) is 0 Å². The van der Waals surface area contributed by atoms with Crippen LogP contribution < -0.4 is 4.90 Å². The minimum absolute atomic E-state index is 0.00559. The molecule has 1 aromatic heterocycles. The van der Waals surface area contributed by atoms with Gasteiger partial charge in [-0.3, -0.25) is 0 Å². The summed E-state index contributed by atoms with van der Waals surface area (Å²) in [6.07, 6.45) is 0. The molecule has 0 N–H and O–H groups in total. The van der Waals surface area contributed by atoms with Gasteiger partial charge in [0.05, 0.1) is 4.90 Å². The third-order valence-corrected chi connectivity index (χ3v) is 7.05. The summed E-state index contributed by atoms with van der Waals surface area (Å²) in [6, 6.07) is 5.12. The highest BCUT2D eigenvalue weighted by Crippen LogP contribution is 2.27. The molecule has 0 unspecified atom stereocenters. The van der Waals surface area contributed by atoms with Crippen LogP contribution in [0, 0.1) is 5.82 Å². The maximum absolute atomic E-state index is 13.3. The number of halogens is 1. The molecule has 0 spiro atoms. The minimum Gasteiger partial charge on any atom is -0.344 e. The average Bonchev–Trinajstić information content (AvgIpc) is 3.05. The molecule has 1 aliphatic rings. The summed E-state index contributed by atoms with van der Waals surface area (Å²) >= 11 is 1.54. The fraction of sp³-hybridized carbons (Fsp3) is 0.467. The standard InChI is InChI=1S/C15H19FN4O2S2/c1-11(2)14-17-18-15(23-14)19-6-8-20(9-7-19)24(21,22)13-5-3-4-12(16)10-13/h3-5,10-11H,6-9H2,1-2H3. The Morgan fingerprint density at radius 3 is 2.46 bits per heavy atom. The van der Waals surface area contributed by atoms with Gasteiger partial charge in [-0.05, 0) is 18.2 Å². The van der Waals surface area contributed by atoms with E-state index in [0.717, 1.165) is 16.2 Å². The first-order valence-corrected chi connectivity index (χ1v) is 9.97. The molecule has 9 heteroatoms. The first-order chi connectivity index (χ1) is 11.4. The summed E-state index contributed by atoms with van der Waals surface area (Å²) in [7, 11) is -3.66. The summed E-state index contributed by atoms with van der Waals surface area (Å²) in [6.45, 7) is 5.90. The second kappa shape index (κ2) is 6.73. The number of hydrogen-bond donors (Lipinski definition) is 0. The molecule has 130 valence electrons. The van der Waals surface area contributed by atoms with Crippen molar-refractivity contribution in [2.45, 2.75) is 24.7 Å². The van der Waals surface area contributed by atoms with Crippen molar-refractivity contribution in [1.29, 1.82) is 0 Å². The average molecular weight is 370 g/mol. The quantitative estimate of drug-likeness (QED) is 0.826. The topological polar surface area (TPSA) is 66.4 Å². The molecule has 2 aromatic rings. The van der Waals surface area contributed by atoms with Crippen LogP contribution in [-0.4, -0.2) is 49.1 Å². The van der Waals surface area contributed by atoms with Crippen molar-refractivity contribution in [2.24, 2.45) is 0 Å². The van der Waals surface area contributed by atoms with E-state index in [4.69, 9.17) is 0 Å². The molecule has 3 rings (SSSR count). The lowest BCUT2D eigenvalue weighted by atomic mass is 10.2. The predicted molar refractivity (Wildman–Crippen MR) is 91.4 cm³/mol. The third kappa shape index (κ3) is 3.42. The molecule has 0 saturated carbocycles. The molecule has 1 saturated heterocycles. The normalized spacial score (nSPS) is 16.8. The lowest BCUT2D eigenvalue weighted by molar-refractivity contribution is 0.384. The van der Waals surface area contributed by atoms with E-state index in [1.165, 1.54) is 22.5 Å². The molecule has 2 heterocycles. The van der Waals surface area contributed by atoms with E-state index in [9.17, 15) is 12.8 Å². The Balaban J connectivity index is 1.70. The van der Waals surface area contributed by atoms with Gasteiger partial charge >= 0.3 is 0 Å². The van der Waals surface area contributed by atoms with Crippen LogP contribution in [0.3, 0.4) is 0 Å². The van der Waals surface area contributed by atoms with E-state index in [0.29, 0.717) is 32.1 Å². The fourth-order valence-electron chi connectivity index (χ4n) is 2.48. The lowest BCUT2D eigenvalue weighted by Gasteiger charge is -2.33. The zero-order valence-corrected chi connectivity index (χ0v) is 15.1. The van der Waals surface area contributed by atoms with Crippen molar-refractivity contribution in [3.63, 3.8) is 0 Å². The molecule has 0 aliphatic carbocycles. The lowest BCUT2D eigenvalue weighted by Crippen LogP contribution is -2.48. The van der Waals surface area contributed by atoms with Crippen LogP contribution in [0.15, 0.2) is 29.2 Å². The summed E-state index contributed by atoms with van der Waals surface area (Å²) in [5, 5.41) is 10.2. The van der Waals surface area contributed by atoms with Crippen molar-refractivity contribution in [3.05, 3.63) is 35.1 Å². The Morgan fingerprint density at radius 2 is 1.88 bits per heavy atom. The van der Waals surface area contributed by atoms with Gasteiger partial charge in [0.2, 0.25) is 15.2 Å². The number of aromatic nitrogens is 2. The second-order valence-electron chi connectivity index (χ2n) is 5.93. The number of anilines is 1. The Kier molecular flexibility index (Phi) is 4.84. The van der Waals surface area contributed by atoms with Crippen molar-refractivity contribution >= 4 is 26.5 Å². The molecule has 0 amide bonds. The molecular weight excluding hydrogens is 351 g/mol. The first-order valence-electron chi connectivity index (χ1n) is 7.72. The van der Waals surface area contributed by atoms with Crippen molar-refractivity contribution in [1.82, 2.24) is 14.5 Å². The van der Waals surface area contributed by atoms with E-state index in [2.05, 4.69) is 24.0 Å². The van der Waals surface area contributed by atoms with Crippen LogP contribution in [0.25, 0.3) is 0 Å². The Morgan fingerprint density at radius 1 is 1.17 bits per heavy atom. The van der Waals surface area contributed by atoms with Crippen LogP contribution in [0.1, 0.15) is 24.8 Å². The van der Waals surface area contributed by atoms with Crippen molar-refractivity contribution < 1.29 is 12.8 Å². The number of sulfonamides is 1. The molecular formula is C15H19FN4O2S2. The molecule has 6 nitrogen and oxygen atoms in total. The van der Waals surface area contributed by atoms with E-state index in [1.54, 1.807) is 11.3 Å². The van der Waals surface area contributed by atoms with E-state index >= 15 is 0 Å². The van der Waals surface area contributed by atoms with E-state index < -0.39 is 15.8 Å². The zero-order valence-electron chi connectivity index (χ0n) is 13.5. The number of rotatable bonds is 4. The monoisotopic (exact) mass is 370 g/mol. The van der Waals surface area contributed by atoms with Crippen LogP contribution in [0.4, 0.5) is 9.52 Å². The molecule has 0 atom stereocenters. The van der Waals surface area contributed by atoms with Crippen LogP contribution >= 0.6 is 11.3 Å². The Bertz CT molecular complexity index is 814. The Labute approximate surface area is 145 Å². The van der Waals surface area contributed by atoms with Crippen molar-refractivity contribution in [2.75, 3.05) is 31.1 Å². The largest absolute Gasteiger partial charge is 0.344 e. The summed E-state index contributed by atoms with van der Waals surface area (Å²) in [5.74, 6) is -0.226. The van der Waals surface area contributed by atoms with Gasteiger partial charge in [0.25, 0.3) is 0 Å². The van der Waals surface area contributed by atoms with Gasteiger partial charge in [-0.25, -0.2) is 12.8 Å². The first kappa shape index (κ1) is 17.2. The molecule has 1 fully saturated rings. The number of piperazine rings is 1. The predicted octanol–water partition coefficient (Wildman–Crippen LogP) is 2.31. The summed E-state index contributed by atoms with van der Waals surface area (Å²) in [4.78, 5) is 2.04. The zero-order chi connectivity index (χ0) is 17.3. The summed E-state index contributed by atoms with van der Waals surface area (Å²) in [5.41, 5.74) is 0. The number of nitrogens with zero attached hydrogens (tertiary/aromatic N) is 4. The number of hydrogen-bond acceptors (Lipinski definition) is 6. The highest BCUT2D eigenvalue weighted by Gasteiger charge is 2.29. The van der Waals surface area contributed by atoms with Gasteiger partial charge in [0.1, 0.15) is 10.8 Å². The molecule has 0 radical (unpaired) electrons. The Hall–Kier alpha value is -1.58. The van der Waals surface area contributed by atoms with Crippen LogP contribution in [0.5, 0.6) is 0 Å². The maximum atomic E-state index is 13.3. The molecule has 1 aromatic carbocycles. The van der Waals surface area contributed by atoms with E-state index in [-0.39, 0.29) is 4.90 Å². The number of benzene rings is 1. The van der Waals surface area contributed by atoms with Gasteiger partial charge in [-0.2, -0.15) is 4.31 Å². The fourth-order valence-corrected chi connectivity index (χ4v) is 4.84. The molecule has 1 aliphatic heterocycles. The molecule has 24 heavy (non-hydrogen) atoms. The second-order valence-corrected chi connectivity index (χ2v) is 8.85.